The van der Waals surface area contributed by atoms with E-state index in [1.807, 2.05) is 39.0 Å². The molecule has 0 aliphatic rings. The summed E-state index contributed by atoms with van der Waals surface area (Å²) in [5, 5.41) is 3.16. The van der Waals surface area contributed by atoms with Crippen molar-refractivity contribution in [3.8, 4) is 11.3 Å². The molecule has 1 heterocycles. The Balaban J connectivity index is 2.46. The third-order valence-electron chi connectivity index (χ3n) is 4.42. The molecule has 0 saturated heterocycles. The first-order valence-corrected chi connectivity index (χ1v) is 8.09. The number of hydrogen-bond acceptors (Lipinski definition) is 3. The Kier molecular flexibility index (Phi) is 5.21. The van der Waals surface area contributed by atoms with Gasteiger partial charge in [0.1, 0.15) is 5.69 Å². The second-order valence-corrected chi connectivity index (χ2v) is 7.33. The molecular weight excluding hydrogens is 308 g/mol. The predicted octanol–water partition coefficient (Wildman–Crippen LogP) is 5.54. The molecule has 0 radical (unpaired) electrons. The third kappa shape index (κ3) is 4.28. The molecule has 2 aromatic rings. The zero-order valence-electron chi connectivity index (χ0n) is 15.1. The molecule has 2 rings (SSSR count). The highest BCUT2D eigenvalue weighted by Crippen LogP contribution is 2.27. The number of aromatic nitrogens is 2. The molecule has 0 aliphatic heterocycles. The van der Waals surface area contributed by atoms with E-state index in [4.69, 9.17) is 0 Å². The maximum atomic E-state index is 13.2. The van der Waals surface area contributed by atoms with Crippen LogP contribution in [0.1, 0.15) is 50.9 Å². The molecule has 0 saturated carbocycles. The van der Waals surface area contributed by atoms with E-state index < -0.39 is 6.43 Å². The average molecular weight is 333 g/mol. The number of halogens is 2. The van der Waals surface area contributed by atoms with Crippen LogP contribution < -0.4 is 5.32 Å². The Bertz CT molecular complexity index is 721. The van der Waals surface area contributed by atoms with Gasteiger partial charge in [0.05, 0.1) is 5.69 Å². The Morgan fingerprint density at radius 1 is 1.00 bits per heavy atom. The Morgan fingerprint density at radius 3 is 2.21 bits per heavy atom. The molecule has 1 aromatic carbocycles. The maximum absolute atomic E-state index is 13.2. The van der Waals surface area contributed by atoms with E-state index in [0.29, 0.717) is 5.69 Å². The van der Waals surface area contributed by atoms with Crippen LogP contribution in [0.5, 0.6) is 0 Å². The van der Waals surface area contributed by atoms with Gasteiger partial charge in [-0.15, -0.1) is 0 Å². The van der Waals surface area contributed by atoms with Crippen LogP contribution in [0.4, 0.5) is 14.7 Å². The standard InChI is InChI=1S/C19H25F2N3/c1-11-7-8-14(9-12(11)2)15-10-16(17(20)21)24-18(23-15)22-13(3)19(4,5)6/h7-10,13,17H,1-6H3,(H,22,23,24)/t13-/m1/s1. The van der Waals surface area contributed by atoms with E-state index in [1.54, 1.807) is 0 Å². The topological polar surface area (TPSA) is 37.8 Å². The summed E-state index contributed by atoms with van der Waals surface area (Å²) in [5.74, 6) is 0.239. The molecule has 3 nitrogen and oxygen atoms in total. The molecule has 0 bridgehead atoms. The molecule has 130 valence electrons. The number of hydrogen-bond donors (Lipinski definition) is 1. The van der Waals surface area contributed by atoms with E-state index in [-0.39, 0.29) is 23.1 Å². The molecule has 0 spiro atoms. The van der Waals surface area contributed by atoms with Crippen molar-refractivity contribution in [2.75, 3.05) is 5.32 Å². The average Bonchev–Trinajstić information content (AvgIpc) is 2.48. The van der Waals surface area contributed by atoms with Crippen molar-refractivity contribution in [2.45, 2.75) is 54.0 Å². The van der Waals surface area contributed by atoms with Gasteiger partial charge < -0.3 is 5.32 Å². The van der Waals surface area contributed by atoms with Crippen molar-refractivity contribution in [1.82, 2.24) is 9.97 Å². The second kappa shape index (κ2) is 6.83. The van der Waals surface area contributed by atoms with E-state index in [2.05, 4.69) is 36.1 Å². The minimum Gasteiger partial charge on any atom is -0.351 e. The minimum absolute atomic E-state index is 0.0369. The number of anilines is 1. The van der Waals surface area contributed by atoms with Crippen molar-refractivity contribution in [3.63, 3.8) is 0 Å². The highest BCUT2D eigenvalue weighted by Gasteiger charge is 2.22. The fraction of sp³-hybridized carbons (Fsp3) is 0.474. The first kappa shape index (κ1) is 18.3. The van der Waals surface area contributed by atoms with Crippen LogP contribution in [0.15, 0.2) is 24.3 Å². The van der Waals surface area contributed by atoms with Gasteiger partial charge in [-0.2, -0.15) is 0 Å². The normalized spacial score (nSPS) is 13.2. The lowest BCUT2D eigenvalue weighted by atomic mass is 9.88. The summed E-state index contributed by atoms with van der Waals surface area (Å²) in [4.78, 5) is 8.43. The van der Waals surface area contributed by atoms with Gasteiger partial charge >= 0.3 is 0 Å². The molecule has 1 aromatic heterocycles. The molecule has 24 heavy (non-hydrogen) atoms. The number of rotatable bonds is 4. The molecule has 1 N–H and O–H groups in total. The monoisotopic (exact) mass is 333 g/mol. The summed E-state index contributed by atoms with van der Waals surface area (Å²) in [6.45, 7) is 12.2. The van der Waals surface area contributed by atoms with Gasteiger partial charge in [0, 0.05) is 11.6 Å². The summed E-state index contributed by atoms with van der Waals surface area (Å²) in [6, 6.07) is 7.24. The zero-order chi connectivity index (χ0) is 18.1. The Hall–Kier alpha value is -2.04. The van der Waals surface area contributed by atoms with Crippen LogP contribution in [-0.2, 0) is 0 Å². The quantitative estimate of drug-likeness (QED) is 0.797. The van der Waals surface area contributed by atoms with Crippen LogP contribution in [0.2, 0.25) is 0 Å². The highest BCUT2D eigenvalue weighted by molar-refractivity contribution is 5.62. The van der Waals surface area contributed by atoms with Gasteiger partial charge in [0.15, 0.2) is 0 Å². The summed E-state index contributed by atoms with van der Waals surface area (Å²) in [6.07, 6.45) is -2.64. The van der Waals surface area contributed by atoms with E-state index in [1.165, 1.54) is 6.07 Å². The number of alkyl halides is 2. The highest BCUT2D eigenvalue weighted by atomic mass is 19.3. The fourth-order valence-electron chi connectivity index (χ4n) is 2.10. The van der Waals surface area contributed by atoms with Crippen molar-refractivity contribution in [1.29, 1.82) is 0 Å². The lowest BCUT2D eigenvalue weighted by molar-refractivity contribution is 0.146. The lowest BCUT2D eigenvalue weighted by Crippen LogP contribution is -2.31. The van der Waals surface area contributed by atoms with E-state index >= 15 is 0 Å². The first-order valence-electron chi connectivity index (χ1n) is 8.09. The Labute approximate surface area is 142 Å². The SMILES string of the molecule is Cc1ccc(-c2cc(C(F)F)nc(N[C@H](C)C(C)(C)C)n2)cc1C. The van der Waals surface area contributed by atoms with Crippen molar-refractivity contribution >= 4 is 5.95 Å². The zero-order valence-corrected chi connectivity index (χ0v) is 15.1. The van der Waals surface area contributed by atoms with Gasteiger partial charge in [-0.25, -0.2) is 18.7 Å². The summed E-state index contributed by atoms with van der Waals surface area (Å²) < 4.78 is 26.5. The molecule has 0 amide bonds. The molecule has 0 fully saturated rings. The van der Waals surface area contributed by atoms with Gasteiger partial charge in [0.2, 0.25) is 5.95 Å². The Morgan fingerprint density at radius 2 is 1.67 bits per heavy atom. The molecule has 0 aliphatic carbocycles. The maximum Gasteiger partial charge on any atom is 0.280 e. The fourth-order valence-corrected chi connectivity index (χ4v) is 2.10. The molecule has 0 unspecified atom stereocenters. The van der Waals surface area contributed by atoms with Crippen LogP contribution in [0.25, 0.3) is 11.3 Å². The van der Waals surface area contributed by atoms with Crippen molar-refractivity contribution in [2.24, 2.45) is 5.41 Å². The predicted molar refractivity (Wildman–Crippen MR) is 94.4 cm³/mol. The smallest absolute Gasteiger partial charge is 0.280 e. The second-order valence-electron chi connectivity index (χ2n) is 7.33. The van der Waals surface area contributed by atoms with Gasteiger partial charge in [0.25, 0.3) is 6.43 Å². The van der Waals surface area contributed by atoms with Crippen molar-refractivity contribution in [3.05, 3.63) is 41.1 Å². The third-order valence-corrected chi connectivity index (χ3v) is 4.42. The van der Waals surface area contributed by atoms with E-state index in [9.17, 15) is 8.78 Å². The summed E-state index contributed by atoms with van der Waals surface area (Å²) in [7, 11) is 0. The van der Waals surface area contributed by atoms with Crippen molar-refractivity contribution < 1.29 is 8.78 Å². The minimum atomic E-state index is -2.64. The molecule has 1 atom stereocenters. The number of nitrogens with zero attached hydrogens (tertiary/aromatic N) is 2. The number of aryl methyl sites for hydroxylation is 2. The van der Waals surface area contributed by atoms with Crippen LogP contribution in [0, 0.1) is 19.3 Å². The van der Waals surface area contributed by atoms with E-state index in [0.717, 1.165) is 16.7 Å². The number of benzene rings is 1. The van der Waals surface area contributed by atoms with Gasteiger partial charge in [-0.05, 0) is 49.4 Å². The number of nitrogens with one attached hydrogen (secondary N) is 1. The first-order chi connectivity index (χ1) is 11.1. The van der Waals surface area contributed by atoms with Crippen LogP contribution in [0.3, 0.4) is 0 Å². The molecular formula is C19H25F2N3. The van der Waals surface area contributed by atoms with Gasteiger partial charge in [-0.1, -0.05) is 32.9 Å². The lowest BCUT2D eigenvalue weighted by Gasteiger charge is -2.28. The van der Waals surface area contributed by atoms with Crippen LogP contribution >= 0.6 is 0 Å². The summed E-state index contributed by atoms with van der Waals surface area (Å²) >= 11 is 0. The summed E-state index contributed by atoms with van der Waals surface area (Å²) in [5.41, 5.74) is 3.27. The largest absolute Gasteiger partial charge is 0.351 e. The molecule has 5 heteroatoms. The van der Waals surface area contributed by atoms with Crippen LogP contribution in [-0.4, -0.2) is 16.0 Å². The van der Waals surface area contributed by atoms with Gasteiger partial charge in [-0.3, -0.25) is 0 Å².